The van der Waals surface area contributed by atoms with E-state index in [0.717, 1.165) is 0 Å². The minimum atomic E-state index is -0.274. The number of quaternary nitrogens is 1. The Hall–Kier alpha value is -1.14. The van der Waals surface area contributed by atoms with Crippen molar-refractivity contribution in [2.75, 3.05) is 52.6 Å². The third-order valence-corrected chi connectivity index (χ3v) is 2.96. The van der Waals surface area contributed by atoms with Crippen LogP contribution in [0.2, 0.25) is 0 Å². The lowest BCUT2D eigenvalue weighted by Gasteiger charge is -2.39. The van der Waals surface area contributed by atoms with Crippen LogP contribution < -0.4 is 0 Å². The summed E-state index contributed by atoms with van der Waals surface area (Å²) in [7, 11) is 0. The van der Waals surface area contributed by atoms with E-state index in [4.69, 9.17) is 14.2 Å². The topological polar surface area (TPSA) is 61.8 Å². The van der Waals surface area contributed by atoms with E-state index in [9.17, 15) is 9.59 Å². The Bertz CT molecular complexity index is 264. The van der Waals surface area contributed by atoms with E-state index in [2.05, 4.69) is 0 Å². The molecule has 0 spiro atoms. The Morgan fingerprint density at radius 1 is 1.00 bits per heavy atom. The number of esters is 2. The Morgan fingerprint density at radius 3 is 1.83 bits per heavy atom. The van der Waals surface area contributed by atoms with Crippen LogP contribution >= 0.6 is 0 Å². The van der Waals surface area contributed by atoms with E-state index in [-0.39, 0.29) is 25.0 Å². The molecule has 0 amide bonds. The molecule has 0 aromatic rings. The zero-order chi connectivity index (χ0) is 13.4. The Balaban J connectivity index is 2.62. The zero-order valence-corrected chi connectivity index (χ0v) is 11.1. The fourth-order valence-electron chi connectivity index (χ4n) is 2.06. The summed E-state index contributed by atoms with van der Waals surface area (Å²) in [5, 5.41) is 0. The first kappa shape index (κ1) is 14.9. The van der Waals surface area contributed by atoms with Crippen LogP contribution in [0.3, 0.4) is 0 Å². The van der Waals surface area contributed by atoms with Crippen molar-refractivity contribution in [1.82, 2.24) is 0 Å². The van der Waals surface area contributed by atoms with Gasteiger partial charge in [0.2, 0.25) is 0 Å². The number of nitrogens with zero attached hydrogens (tertiary/aromatic N) is 1. The van der Waals surface area contributed by atoms with Gasteiger partial charge in [-0.25, -0.2) is 9.59 Å². The second-order valence-corrected chi connectivity index (χ2v) is 4.33. The minimum absolute atomic E-state index is 0.204. The molecule has 6 heteroatoms. The molecule has 0 aromatic carbocycles. The Labute approximate surface area is 107 Å². The van der Waals surface area contributed by atoms with E-state index >= 15 is 0 Å². The maximum Gasteiger partial charge on any atom is 0.361 e. The third kappa shape index (κ3) is 4.62. The van der Waals surface area contributed by atoms with E-state index in [0.29, 0.717) is 44.0 Å². The van der Waals surface area contributed by atoms with Crippen LogP contribution in [0.4, 0.5) is 0 Å². The largest absolute Gasteiger partial charge is 0.462 e. The maximum atomic E-state index is 11.6. The highest BCUT2D eigenvalue weighted by Gasteiger charge is 2.36. The molecule has 0 unspecified atom stereocenters. The van der Waals surface area contributed by atoms with E-state index in [1.165, 1.54) is 0 Å². The number of morpholine rings is 1. The standard InChI is InChI=1S/C12H22NO5/c1-3-17-11(14)9-13(5-7-16-8-6-13)10-12(15)18-4-2/h3-10H2,1-2H3/q+1. The van der Waals surface area contributed by atoms with Crippen LogP contribution in [-0.2, 0) is 23.8 Å². The molecule has 1 aliphatic rings. The molecular weight excluding hydrogens is 238 g/mol. The van der Waals surface area contributed by atoms with Gasteiger partial charge in [-0.1, -0.05) is 0 Å². The Kier molecular flexibility index (Phi) is 6.07. The van der Waals surface area contributed by atoms with Gasteiger partial charge < -0.3 is 18.7 Å². The molecule has 1 fully saturated rings. The van der Waals surface area contributed by atoms with Crippen molar-refractivity contribution in [3.05, 3.63) is 0 Å². The first-order valence-electron chi connectivity index (χ1n) is 6.36. The summed E-state index contributed by atoms with van der Waals surface area (Å²) in [5.74, 6) is -0.549. The fraction of sp³-hybridized carbons (Fsp3) is 0.833. The summed E-state index contributed by atoms with van der Waals surface area (Å²) in [4.78, 5) is 23.3. The minimum Gasteiger partial charge on any atom is -0.462 e. The molecule has 0 radical (unpaired) electrons. The molecule has 0 saturated carbocycles. The SMILES string of the molecule is CCOC(=O)C[N+]1(CC(=O)OCC)CCOCC1. The number of rotatable bonds is 6. The van der Waals surface area contributed by atoms with Crippen molar-refractivity contribution >= 4 is 11.9 Å². The quantitative estimate of drug-likeness (QED) is 0.495. The van der Waals surface area contributed by atoms with Crippen molar-refractivity contribution in [3.8, 4) is 0 Å². The van der Waals surface area contributed by atoms with Crippen LogP contribution in [0.25, 0.3) is 0 Å². The van der Waals surface area contributed by atoms with Crippen molar-refractivity contribution in [1.29, 1.82) is 0 Å². The summed E-state index contributed by atoms with van der Waals surface area (Å²) in [5.41, 5.74) is 0. The van der Waals surface area contributed by atoms with Gasteiger partial charge in [0.05, 0.1) is 26.4 Å². The van der Waals surface area contributed by atoms with Gasteiger partial charge in [-0.2, -0.15) is 0 Å². The molecule has 104 valence electrons. The van der Waals surface area contributed by atoms with Crippen molar-refractivity contribution in [2.45, 2.75) is 13.8 Å². The number of carbonyl (C=O) groups excluding carboxylic acids is 2. The Morgan fingerprint density at radius 2 is 1.44 bits per heavy atom. The van der Waals surface area contributed by atoms with Gasteiger partial charge in [-0.05, 0) is 13.8 Å². The molecule has 0 bridgehead atoms. The van der Waals surface area contributed by atoms with Gasteiger partial charge in [-0.3, -0.25) is 0 Å². The van der Waals surface area contributed by atoms with Gasteiger partial charge in [-0.15, -0.1) is 0 Å². The monoisotopic (exact) mass is 260 g/mol. The van der Waals surface area contributed by atoms with Gasteiger partial charge in [0, 0.05) is 0 Å². The van der Waals surface area contributed by atoms with Crippen LogP contribution in [-0.4, -0.2) is 69.0 Å². The zero-order valence-electron chi connectivity index (χ0n) is 11.1. The molecule has 1 aliphatic heterocycles. The van der Waals surface area contributed by atoms with E-state index < -0.39 is 0 Å². The van der Waals surface area contributed by atoms with Gasteiger partial charge in [0.1, 0.15) is 13.1 Å². The highest BCUT2D eigenvalue weighted by atomic mass is 16.5. The van der Waals surface area contributed by atoms with Gasteiger partial charge >= 0.3 is 11.9 Å². The first-order chi connectivity index (χ1) is 8.62. The second-order valence-electron chi connectivity index (χ2n) is 4.33. The number of hydrogen-bond donors (Lipinski definition) is 0. The summed E-state index contributed by atoms with van der Waals surface area (Å²) < 4.78 is 15.6. The molecule has 6 nitrogen and oxygen atoms in total. The first-order valence-corrected chi connectivity index (χ1v) is 6.36. The molecule has 0 aromatic heterocycles. The van der Waals surface area contributed by atoms with Crippen molar-refractivity contribution in [3.63, 3.8) is 0 Å². The number of ether oxygens (including phenoxy) is 3. The lowest BCUT2D eigenvalue weighted by atomic mass is 10.3. The van der Waals surface area contributed by atoms with E-state index in [1.807, 2.05) is 0 Å². The van der Waals surface area contributed by atoms with Gasteiger partial charge in [0.25, 0.3) is 0 Å². The predicted octanol–water partition coefficient (Wildman–Crippen LogP) is -0.0404. The third-order valence-electron chi connectivity index (χ3n) is 2.96. The molecule has 1 saturated heterocycles. The number of hydrogen-bond acceptors (Lipinski definition) is 5. The fourth-order valence-corrected chi connectivity index (χ4v) is 2.06. The van der Waals surface area contributed by atoms with E-state index in [1.54, 1.807) is 13.8 Å². The van der Waals surface area contributed by atoms with Crippen LogP contribution in [0.1, 0.15) is 13.8 Å². The smallest absolute Gasteiger partial charge is 0.361 e. The normalized spacial score (nSPS) is 18.1. The average Bonchev–Trinajstić information content (AvgIpc) is 2.30. The van der Waals surface area contributed by atoms with Gasteiger partial charge in [0.15, 0.2) is 13.1 Å². The van der Waals surface area contributed by atoms with Crippen LogP contribution in [0.5, 0.6) is 0 Å². The van der Waals surface area contributed by atoms with Crippen molar-refractivity contribution in [2.24, 2.45) is 0 Å². The summed E-state index contributed by atoms with van der Waals surface area (Å²) in [6, 6.07) is 0. The molecule has 18 heavy (non-hydrogen) atoms. The molecule has 1 rings (SSSR count). The summed E-state index contributed by atoms with van der Waals surface area (Å²) in [6.07, 6.45) is 0. The lowest BCUT2D eigenvalue weighted by molar-refractivity contribution is -0.921. The highest BCUT2D eigenvalue weighted by molar-refractivity contribution is 5.73. The molecule has 0 N–H and O–H groups in total. The molecular formula is C12H22NO5+. The molecule has 0 aliphatic carbocycles. The molecule has 0 atom stereocenters. The maximum absolute atomic E-state index is 11.6. The predicted molar refractivity (Wildman–Crippen MR) is 63.8 cm³/mol. The lowest BCUT2D eigenvalue weighted by Crippen LogP contribution is -2.59. The highest BCUT2D eigenvalue weighted by Crippen LogP contribution is 2.12. The summed E-state index contributed by atoms with van der Waals surface area (Å²) >= 11 is 0. The molecule has 1 heterocycles. The average molecular weight is 260 g/mol. The second kappa shape index (κ2) is 7.33. The van der Waals surface area contributed by atoms with Crippen molar-refractivity contribution < 1.29 is 28.3 Å². The van der Waals surface area contributed by atoms with Crippen LogP contribution in [0.15, 0.2) is 0 Å². The van der Waals surface area contributed by atoms with Crippen LogP contribution in [0, 0.1) is 0 Å². The number of carbonyl (C=O) groups is 2. The summed E-state index contributed by atoms with van der Waals surface area (Å²) in [6.45, 7) is 7.04.